The monoisotopic (exact) mass is 311 g/mol. The summed E-state index contributed by atoms with van der Waals surface area (Å²) in [4.78, 5) is 3.98. The number of hydrogen-bond acceptors (Lipinski definition) is 3. The van der Waals surface area contributed by atoms with Crippen molar-refractivity contribution in [1.82, 2.24) is 4.98 Å². The lowest BCUT2D eigenvalue weighted by molar-refractivity contribution is 0.297. The molecule has 0 unspecified atom stereocenters. The number of nitrogens with zero attached hydrogens (tertiary/aromatic N) is 1. The molecule has 0 aliphatic heterocycles. The third-order valence-corrected chi connectivity index (χ3v) is 3.42. The maximum absolute atomic E-state index is 6.20. The van der Waals surface area contributed by atoms with Crippen LogP contribution in [0.4, 0.5) is 0 Å². The van der Waals surface area contributed by atoms with Crippen LogP contribution in [0, 0.1) is 0 Å². The van der Waals surface area contributed by atoms with E-state index in [1.807, 2.05) is 18.2 Å². The van der Waals surface area contributed by atoms with Gasteiger partial charge in [0.25, 0.3) is 0 Å². The fourth-order valence-electron chi connectivity index (χ4n) is 1.81. The van der Waals surface area contributed by atoms with Crippen molar-refractivity contribution >= 4 is 23.2 Å². The van der Waals surface area contributed by atoms with E-state index in [0.717, 1.165) is 17.5 Å². The van der Waals surface area contributed by atoms with Gasteiger partial charge in [0.05, 0.1) is 18.7 Å². The predicted octanol–water partition coefficient (Wildman–Crippen LogP) is 4.10. The summed E-state index contributed by atoms with van der Waals surface area (Å²) in [6.07, 6.45) is 4.30. The Labute approximate surface area is 128 Å². The molecule has 0 bridgehead atoms. The molecule has 5 heteroatoms. The highest BCUT2D eigenvalue weighted by atomic mass is 35.5. The number of ether oxygens (including phenoxy) is 2. The minimum atomic E-state index is 0.382. The zero-order valence-corrected chi connectivity index (χ0v) is 12.6. The van der Waals surface area contributed by atoms with Crippen LogP contribution in [0.2, 0.25) is 5.02 Å². The largest absolute Gasteiger partial charge is 0.493 e. The average Bonchev–Trinajstić information content (AvgIpc) is 2.49. The van der Waals surface area contributed by atoms with Gasteiger partial charge in [0.2, 0.25) is 0 Å². The number of aromatic nitrogens is 1. The third kappa shape index (κ3) is 3.78. The van der Waals surface area contributed by atoms with Crippen molar-refractivity contribution in [2.75, 3.05) is 13.7 Å². The van der Waals surface area contributed by atoms with Crippen LogP contribution in [0.15, 0.2) is 36.7 Å². The molecule has 106 valence electrons. The van der Waals surface area contributed by atoms with Gasteiger partial charge in [0.1, 0.15) is 0 Å². The second-order valence-electron chi connectivity index (χ2n) is 4.20. The van der Waals surface area contributed by atoms with Crippen molar-refractivity contribution in [2.45, 2.75) is 12.3 Å². The molecule has 0 saturated carbocycles. The smallest absolute Gasteiger partial charge is 0.179 e. The molecule has 0 amide bonds. The maximum atomic E-state index is 6.20. The molecule has 1 aromatic carbocycles. The van der Waals surface area contributed by atoms with Gasteiger partial charge < -0.3 is 9.47 Å². The summed E-state index contributed by atoms with van der Waals surface area (Å²) in [5.41, 5.74) is 2.06. The van der Waals surface area contributed by atoms with Gasteiger partial charge in [0.15, 0.2) is 11.5 Å². The lowest BCUT2D eigenvalue weighted by Gasteiger charge is -2.13. The quantitative estimate of drug-likeness (QED) is 0.752. The Morgan fingerprint density at radius 2 is 1.90 bits per heavy atom. The normalized spacial score (nSPS) is 10.3. The fraction of sp³-hybridized carbons (Fsp3) is 0.267. The second-order valence-corrected chi connectivity index (χ2v) is 4.87. The van der Waals surface area contributed by atoms with Gasteiger partial charge in [-0.05, 0) is 35.4 Å². The molecule has 2 aromatic rings. The Hall–Kier alpha value is -1.45. The molecule has 3 nitrogen and oxygen atoms in total. The first kappa shape index (κ1) is 14.9. The highest BCUT2D eigenvalue weighted by molar-refractivity contribution is 6.32. The maximum Gasteiger partial charge on any atom is 0.179 e. The van der Waals surface area contributed by atoms with E-state index in [9.17, 15) is 0 Å². The first-order chi connectivity index (χ1) is 9.74. The van der Waals surface area contributed by atoms with Crippen molar-refractivity contribution in [1.29, 1.82) is 0 Å². The molecule has 1 heterocycles. The summed E-state index contributed by atoms with van der Waals surface area (Å²) in [7, 11) is 1.58. The lowest BCUT2D eigenvalue weighted by atomic mass is 10.2. The molecule has 0 radical (unpaired) electrons. The van der Waals surface area contributed by atoms with E-state index in [4.69, 9.17) is 32.7 Å². The third-order valence-electron chi connectivity index (χ3n) is 2.83. The summed E-state index contributed by atoms with van der Waals surface area (Å²) >= 11 is 12.0. The number of alkyl halides is 1. The van der Waals surface area contributed by atoms with Gasteiger partial charge in [-0.3, -0.25) is 4.98 Å². The highest BCUT2D eigenvalue weighted by Gasteiger charge is 2.11. The van der Waals surface area contributed by atoms with Crippen molar-refractivity contribution in [3.63, 3.8) is 0 Å². The Morgan fingerprint density at radius 1 is 1.15 bits per heavy atom. The van der Waals surface area contributed by atoms with Crippen LogP contribution in [0.5, 0.6) is 11.5 Å². The van der Waals surface area contributed by atoms with Gasteiger partial charge >= 0.3 is 0 Å². The van der Waals surface area contributed by atoms with Crippen molar-refractivity contribution in [3.05, 3.63) is 52.8 Å². The van der Waals surface area contributed by atoms with Gasteiger partial charge in [-0.2, -0.15) is 0 Å². The second kappa shape index (κ2) is 7.36. The van der Waals surface area contributed by atoms with E-state index in [1.165, 1.54) is 0 Å². The molecule has 0 aliphatic rings. The first-order valence-corrected chi connectivity index (χ1v) is 7.10. The molecule has 20 heavy (non-hydrogen) atoms. The molecule has 0 spiro atoms. The summed E-state index contributed by atoms with van der Waals surface area (Å²) in [5.74, 6) is 1.54. The van der Waals surface area contributed by atoms with E-state index in [2.05, 4.69) is 4.98 Å². The van der Waals surface area contributed by atoms with Gasteiger partial charge in [0, 0.05) is 24.7 Å². The summed E-state index contributed by atoms with van der Waals surface area (Å²) in [6.45, 7) is 0.514. The Kier molecular flexibility index (Phi) is 5.50. The molecule has 1 aromatic heterocycles. The molecule has 2 rings (SSSR count). The topological polar surface area (TPSA) is 31.4 Å². The number of rotatable bonds is 6. The van der Waals surface area contributed by atoms with E-state index >= 15 is 0 Å². The fourth-order valence-corrected chi connectivity index (χ4v) is 2.25. The summed E-state index contributed by atoms with van der Waals surface area (Å²) in [6, 6.07) is 7.54. The van der Waals surface area contributed by atoms with Crippen LogP contribution < -0.4 is 9.47 Å². The van der Waals surface area contributed by atoms with Crippen LogP contribution in [0.3, 0.4) is 0 Å². The SMILES string of the molecule is COc1cc(CCl)cc(Cl)c1OCCc1ccncc1. The first-order valence-electron chi connectivity index (χ1n) is 6.18. The van der Waals surface area contributed by atoms with Crippen LogP contribution in [0.25, 0.3) is 0 Å². The minimum Gasteiger partial charge on any atom is -0.493 e. The van der Waals surface area contributed by atoms with Crippen LogP contribution in [0.1, 0.15) is 11.1 Å². The summed E-state index contributed by atoms with van der Waals surface area (Å²) in [5, 5.41) is 0.509. The molecular formula is C15H15Cl2NO2. The van der Waals surface area contributed by atoms with Crippen LogP contribution in [-0.2, 0) is 12.3 Å². The molecule has 0 atom stereocenters. The van der Waals surface area contributed by atoms with Crippen LogP contribution >= 0.6 is 23.2 Å². The summed E-state index contributed by atoms with van der Waals surface area (Å²) < 4.78 is 11.0. The van der Waals surface area contributed by atoms with E-state index in [1.54, 1.807) is 25.6 Å². The van der Waals surface area contributed by atoms with E-state index < -0.39 is 0 Å². The van der Waals surface area contributed by atoms with Crippen molar-refractivity contribution in [3.8, 4) is 11.5 Å². The van der Waals surface area contributed by atoms with Crippen LogP contribution in [-0.4, -0.2) is 18.7 Å². The minimum absolute atomic E-state index is 0.382. The van der Waals surface area contributed by atoms with Gasteiger partial charge in [-0.1, -0.05) is 11.6 Å². The number of benzene rings is 1. The molecule has 0 saturated heterocycles. The Morgan fingerprint density at radius 3 is 2.55 bits per heavy atom. The number of methoxy groups -OCH3 is 1. The molecule has 0 N–H and O–H groups in total. The van der Waals surface area contributed by atoms with E-state index in [0.29, 0.717) is 29.0 Å². The highest BCUT2D eigenvalue weighted by Crippen LogP contribution is 2.36. The van der Waals surface area contributed by atoms with Gasteiger partial charge in [-0.25, -0.2) is 0 Å². The Bertz CT molecular complexity index is 561. The average molecular weight is 312 g/mol. The van der Waals surface area contributed by atoms with Crippen molar-refractivity contribution < 1.29 is 9.47 Å². The molecular weight excluding hydrogens is 297 g/mol. The van der Waals surface area contributed by atoms with E-state index in [-0.39, 0.29) is 0 Å². The lowest BCUT2D eigenvalue weighted by Crippen LogP contribution is -2.03. The standard InChI is InChI=1S/C15H15Cl2NO2/c1-19-14-9-12(10-16)8-13(17)15(14)20-7-4-11-2-5-18-6-3-11/h2-3,5-6,8-9H,4,7,10H2,1H3. The number of pyridine rings is 1. The number of hydrogen-bond donors (Lipinski definition) is 0. The zero-order chi connectivity index (χ0) is 14.4. The zero-order valence-electron chi connectivity index (χ0n) is 11.1. The number of halogens is 2. The molecule has 0 aliphatic carbocycles. The van der Waals surface area contributed by atoms with Gasteiger partial charge in [-0.15, -0.1) is 11.6 Å². The molecule has 0 fully saturated rings. The predicted molar refractivity (Wildman–Crippen MR) is 81.0 cm³/mol. The Balaban J connectivity index is 2.05. The van der Waals surface area contributed by atoms with Crippen molar-refractivity contribution in [2.24, 2.45) is 0 Å².